The number of carbonyl (C=O) groups is 1. The first-order valence-electron chi connectivity index (χ1n) is 9.90. The van der Waals surface area contributed by atoms with Crippen molar-refractivity contribution in [1.29, 1.82) is 0 Å². The summed E-state index contributed by atoms with van der Waals surface area (Å²) in [6, 6.07) is 23.3. The molecule has 0 aliphatic rings. The number of halogens is 1. The van der Waals surface area contributed by atoms with Crippen molar-refractivity contribution in [2.24, 2.45) is 0 Å². The van der Waals surface area contributed by atoms with Gasteiger partial charge in [-0.15, -0.1) is 10.2 Å². The first-order chi connectivity index (χ1) is 15.6. The Morgan fingerprint density at radius 1 is 1.00 bits per heavy atom. The molecule has 3 aromatic carbocycles. The number of benzene rings is 3. The summed E-state index contributed by atoms with van der Waals surface area (Å²) in [7, 11) is 0. The van der Waals surface area contributed by atoms with Crippen LogP contribution in [0.5, 0.6) is 5.75 Å². The van der Waals surface area contributed by atoms with Crippen LogP contribution in [0, 0.1) is 5.82 Å². The van der Waals surface area contributed by atoms with Crippen LogP contribution in [0.2, 0.25) is 0 Å². The van der Waals surface area contributed by atoms with Gasteiger partial charge in [0.1, 0.15) is 11.6 Å². The minimum absolute atomic E-state index is 0.120. The van der Waals surface area contributed by atoms with Gasteiger partial charge in [-0.05, 0) is 54.4 Å². The number of nitrogens with zero attached hydrogens (tertiary/aromatic N) is 2. The predicted octanol–water partition coefficient (Wildman–Crippen LogP) is 5.75. The zero-order chi connectivity index (χ0) is 22.3. The van der Waals surface area contributed by atoms with Crippen LogP contribution in [0.25, 0.3) is 11.1 Å². The zero-order valence-corrected chi connectivity index (χ0v) is 18.0. The van der Waals surface area contributed by atoms with Gasteiger partial charge in [-0.3, -0.25) is 4.79 Å². The summed E-state index contributed by atoms with van der Waals surface area (Å²) in [6.07, 6.45) is -0.515. The van der Waals surface area contributed by atoms with Gasteiger partial charge in [-0.25, -0.2) is 4.39 Å². The van der Waals surface area contributed by atoms with Crippen molar-refractivity contribution in [2.45, 2.75) is 18.3 Å². The molecule has 4 rings (SSSR count). The molecule has 4 aromatic rings. The Hall–Kier alpha value is -3.65. The van der Waals surface area contributed by atoms with Crippen LogP contribution in [0.3, 0.4) is 0 Å². The minimum Gasteiger partial charge on any atom is -0.481 e. The third-order valence-electron chi connectivity index (χ3n) is 4.50. The maximum Gasteiger partial charge on any atom is 0.277 e. The van der Waals surface area contributed by atoms with Gasteiger partial charge in [0.2, 0.25) is 5.91 Å². The molecule has 1 atom stereocenters. The Kier molecular flexibility index (Phi) is 6.81. The number of aromatic nitrogens is 2. The van der Waals surface area contributed by atoms with Crippen LogP contribution in [0.4, 0.5) is 10.1 Å². The number of anilines is 1. The molecule has 0 bridgehead atoms. The summed E-state index contributed by atoms with van der Waals surface area (Å²) in [6.45, 7) is 1.75. The lowest BCUT2D eigenvalue weighted by atomic mass is 10.1. The molecule has 32 heavy (non-hydrogen) atoms. The van der Waals surface area contributed by atoms with E-state index in [1.807, 2.05) is 54.6 Å². The molecule has 1 heterocycles. The van der Waals surface area contributed by atoms with Crippen LogP contribution in [0.1, 0.15) is 18.9 Å². The molecule has 0 aliphatic carbocycles. The van der Waals surface area contributed by atoms with Crippen molar-refractivity contribution in [3.05, 3.63) is 90.6 Å². The van der Waals surface area contributed by atoms with Gasteiger partial charge in [0.25, 0.3) is 11.1 Å². The summed E-state index contributed by atoms with van der Waals surface area (Å²) >= 11 is 1.14. The molecule has 0 radical (unpaired) electrons. The lowest BCUT2D eigenvalue weighted by Gasteiger charge is -2.10. The molecule has 1 amide bonds. The fourth-order valence-electron chi connectivity index (χ4n) is 2.91. The highest BCUT2D eigenvalue weighted by atomic mass is 32.2. The fraction of sp³-hybridized carbons (Fsp3) is 0.125. The molecule has 0 spiro atoms. The lowest BCUT2D eigenvalue weighted by Crippen LogP contribution is -2.13. The second-order valence-corrected chi connectivity index (χ2v) is 7.83. The number of hydrogen-bond donors (Lipinski definition) is 1. The first-order valence-corrected chi connectivity index (χ1v) is 10.9. The van der Waals surface area contributed by atoms with E-state index in [0.29, 0.717) is 11.4 Å². The maximum atomic E-state index is 13.0. The summed E-state index contributed by atoms with van der Waals surface area (Å²) < 4.78 is 24.2. The van der Waals surface area contributed by atoms with Crippen molar-refractivity contribution < 1.29 is 18.3 Å². The van der Waals surface area contributed by atoms with E-state index < -0.39 is 6.10 Å². The van der Waals surface area contributed by atoms with E-state index in [0.717, 1.165) is 22.9 Å². The van der Waals surface area contributed by atoms with Gasteiger partial charge in [-0.2, -0.15) is 0 Å². The first kappa shape index (κ1) is 21.6. The third-order valence-corrected chi connectivity index (χ3v) is 5.32. The Balaban J connectivity index is 1.27. The molecule has 0 fully saturated rings. The standard InChI is InChI=1S/C24H20FN3O3S/c1-16(30-21-13-9-19(25)10-14-21)23-27-28-24(31-23)32-15-22(29)26-20-11-7-18(8-12-20)17-5-3-2-4-6-17/h2-14,16H,15H2,1H3,(H,26,29)/t16-/m1/s1. The summed E-state index contributed by atoms with van der Waals surface area (Å²) in [5.74, 6) is 0.359. The van der Waals surface area contributed by atoms with Crippen molar-refractivity contribution in [1.82, 2.24) is 10.2 Å². The molecule has 8 heteroatoms. The number of amides is 1. The van der Waals surface area contributed by atoms with Gasteiger partial charge >= 0.3 is 0 Å². The molecule has 0 unspecified atom stereocenters. The van der Waals surface area contributed by atoms with E-state index in [2.05, 4.69) is 15.5 Å². The van der Waals surface area contributed by atoms with Crippen molar-refractivity contribution in [2.75, 3.05) is 11.1 Å². The quantitative estimate of drug-likeness (QED) is 0.345. The highest BCUT2D eigenvalue weighted by molar-refractivity contribution is 7.99. The van der Waals surface area contributed by atoms with Gasteiger partial charge < -0.3 is 14.5 Å². The number of nitrogens with one attached hydrogen (secondary N) is 1. The van der Waals surface area contributed by atoms with Crippen LogP contribution >= 0.6 is 11.8 Å². The number of rotatable bonds is 8. The van der Waals surface area contributed by atoms with Crippen molar-refractivity contribution in [3.8, 4) is 16.9 Å². The second kappa shape index (κ2) is 10.1. The van der Waals surface area contributed by atoms with Crippen molar-refractivity contribution in [3.63, 3.8) is 0 Å². The molecule has 0 saturated heterocycles. The number of ether oxygens (including phenoxy) is 1. The number of hydrogen-bond acceptors (Lipinski definition) is 6. The minimum atomic E-state index is -0.515. The number of carbonyl (C=O) groups excluding carboxylic acids is 1. The smallest absolute Gasteiger partial charge is 0.277 e. The Morgan fingerprint density at radius 2 is 1.69 bits per heavy atom. The zero-order valence-electron chi connectivity index (χ0n) is 17.2. The number of thioether (sulfide) groups is 1. The molecular weight excluding hydrogens is 429 g/mol. The molecule has 0 aliphatic heterocycles. The van der Waals surface area contributed by atoms with E-state index in [1.165, 1.54) is 24.3 Å². The van der Waals surface area contributed by atoms with Crippen LogP contribution in [-0.2, 0) is 4.79 Å². The normalized spacial score (nSPS) is 11.7. The van der Waals surface area contributed by atoms with E-state index >= 15 is 0 Å². The Morgan fingerprint density at radius 3 is 2.41 bits per heavy atom. The van der Waals surface area contributed by atoms with E-state index in [-0.39, 0.29) is 28.6 Å². The van der Waals surface area contributed by atoms with E-state index in [4.69, 9.17) is 9.15 Å². The Labute approximate surface area is 188 Å². The average Bonchev–Trinajstić information content (AvgIpc) is 3.30. The lowest BCUT2D eigenvalue weighted by molar-refractivity contribution is -0.113. The van der Waals surface area contributed by atoms with Gasteiger partial charge in [0.05, 0.1) is 5.75 Å². The van der Waals surface area contributed by atoms with Crippen LogP contribution in [0.15, 0.2) is 88.5 Å². The molecule has 1 N–H and O–H groups in total. The van der Waals surface area contributed by atoms with Gasteiger partial charge in [0.15, 0.2) is 6.10 Å². The monoisotopic (exact) mass is 449 g/mol. The van der Waals surface area contributed by atoms with Crippen LogP contribution < -0.4 is 10.1 Å². The highest BCUT2D eigenvalue weighted by Gasteiger charge is 2.17. The molecule has 162 valence electrons. The van der Waals surface area contributed by atoms with E-state index in [1.54, 1.807) is 6.92 Å². The SMILES string of the molecule is C[C@@H](Oc1ccc(F)cc1)c1nnc(SCC(=O)Nc2ccc(-c3ccccc3)cc2)o1. The highest BCUT2D eigenvalue weighted by Crippen LogP contribution is 2.25. The molecular formula is C24H20FN3O3S. The van der Waals surface area contributed by atoms with Gasteiger partial charge in [-0.1, -0.05) is 54.2 Å². The average molecular weight is 450 g/mol. The van der Waals surface area contributed by atoms with Gasteiger partial charge in [0, 0.05) is 5.69 Å². The molecule has 6 nitrogen and oxygen atoms in total. The third kappa shape index (κ3) is 5.73. The second-order valence-electron chi connectivity index (χ2n) is 6.90. The Bertz CT molecular complexity index is 1170. The van der Waals surface area contributed by atoms with E-state index in [9.17, 15) is 9.18 Å². The fourth-order valence-corrected chi connectivity index (χ4v) is 3.48. The van der Waals surface area contributed by atoms with Crippen LogP contribution in [-0.4, -0.2) is 21.9 Å². The largest absolute Gasteiger partial charge is 0.481 e. The summed E-state index contributed by atoms with van der Waals surface area (Å²) in [5.41, 5.74) is 2.90. The summed E-state index contributed by atoms with van der Waals surface area (Å²) in [4.78, 5) is 12.3. The summed E-state index contributed by atoms with van der Waals surface area (Å²) in [5, 5.41) is 11.0. The topological polar surface area (TPSA) is 77.2 Å². The van der Waals surface area contributed by atoms with Crippen molar-refractivity contribution >= 4 is 23.4 Å². The maximum absolute atomic E-state index is 13.0. The predicted molar refractivity (Wildman–Crippen MR) is 121 cm³/mol. The molecule has 0 saturated carbocycles. The molecule has 1 aromatic heterocycles.